The van der Waals surface area contributed by atoms with Crippen LogP contribution in [-0.4, -0.2) is 6.54 Å². The molecule has 0 saturated carbocycles. The number of hydrogen-bond donors (Lipinski definition) is 1. The summed E-state index contributed by atoms with van der Waals surface area (Å²) in [5.74, 6) is 0. The lowest BCUT2D eigenvalue weighted by atomic mass is 9.98. The Morgan fingerprint density at radius 3 is 2.10 bits per heavy atom. The number of benzene rings is 2. The smallest absolute Gasteiger partial charge is 0.0588 e. The van der Waals surface area contributed by atoms with E-state index >= 15 is 0 Å². The fraction of sp³-hybridized carbons (Fsp3) is 0.250. The first-order chi connectivity index (χ1) is 9.92. The van der Waals surface area contributed by atoms with Gasteiger partial charge in [-0.1, -0.05) is 70.6 Å². The minimum Gasteiger partial charge on any atom is -0.306 e. The first kappa shape index (κ1) is 17.7. The third-order valence-corrected chi connectivity index (χ3v) is 5.67. The second kappa shape index (κ2) is 7.73. The molecule has 2 aromatic rings. The maximum Gasteiger partial charge on any atom is 0.0588 e. The van der Waals surface area contributed by atoms with Gasteiger partial charge in [-0.3, -0.25) is 0 Å². The van der Waals surface area contributed by atoms with Gasteiger partial charge in [0.15, 0.2) is 0 Å². The highest BCUT2D eigenvalue weighted by Crippen LogP contribution is 2.35. The van der Waals surface area contributed by atoms with E-state index in [4.69, 9.17) is 0 Å². The molecule has 0 aliphatic carbocycles. The number of halogens is 4. The normalized spacial score (nSPS) is 12.5. The third kappa shape index (κ3) is 4.41. The summed E-state index contributed by atoms with van der Waals surface area (Å²) in [5, 5.41) is 3.56. The molecule has 1 N–H and O–H groups in total. The van der Waals surface area contributed by atoms with Crippen molar-refractivity contribution in [2.45, 2.75) is 19.9 Å². The Hall–Kier alpha value is 0.320. The number of nitrogens with one attached hydrogen (secondary N) is 1. The van der Waals surface area contributed by atoms with Crippen molar-refractivity contribution in [3.63, 3.8) is 0 Å². The zero-order valence-corrected chi connectivity index (χ0v) is 18.0. The quantitative estimate of drug-likeness (QED) is 0.453. The molecule has 1 unspecified atom stereocenters. The lowest BCUT2D eigenvalue weighted by Crippen LogP contribution is -2.22. The van der Waals surface area contributed by atoms with E-state index in [0.717, 1.165) is 24.4 Å². The summed E-state index contributed by atoms with van der Waals surface area (Å²) in [4.78, 5) is 0. The molecule has 1 nitrogen and oxygen atoms in total. The van der Waals surface area contributed by atoms with Gasteiger partial charge in [0, 0.05) is 17.9 Å². The standard InChI is InChI=1S/C16H15Br4N/c1-3-21-16(10-5-11(17)7-12(18)6-10)13-8-14(19)9(2)4-15(13)20/h4-8,16,21H,3H2,1-2H3. The van der Waals surface area contributed by atoms with Gasteiger partial charge in [-0.25, -0.2) is 0 Å². The van der Waals surface area contributed by atoms with Crippen LogP contribution in [0.5, 0.6) is 0 Å². The lowest BCUT2D eigenvalue weighted by molar-refractivity contribution is 0.627. The second-order valence-corrected chi connectivity index (χ2v) is 8.36. The van der Waals surface area contributed by atoms with Crippen LogP contribution in [0.25, 0.3) is 0 Å². The summed E-state index contributed by atoms with van der Waals surface area (Å²) in [6.45, 7) is 5.11. The first-order valence-corrected chi connectivity index (χ1v) is 9.74. The Kier molecular flexibility index (Phi) is 6.51. The topological polar surface area (TPSA) is 12.0 Å². The molecule has 1 atom stereocenters. The zero-order valence-electron chi connectivity index (χ0n) is 11.7. The van der Waals surface area contributed by atoms with Gasteiger partial charge in [-0.2, -0.15) is 0 Å². The molecular weight excluding hydrogens is 526 g/mol. The average Bonchev–Trinajstić information content (AvgIpc) is 2.39. The van der Waals surface area contributed by atoms with Crippen LogP contribution < -0.4 is 5.32 Å². The SMILES string of the molecule is CCNC(c1cc(Br)cc(Br)c1)c1cc(Br)c(C)cc1Br. The van der Waals surface area contributed by atoms with Crippen molar-refractivity contribution in [1.29, 1.82) is 0 Å². The average molecular weight is 541 g/mol. The van der Waals surface area contributed by atoms with Crippen LogP contribution in [0.15, 0.2) is 48.2 Å². The Morgan fingerprint density at radius 1 is 0.905 bits per heavy atom. The van der Waals surface area contributed by atoms with Gasteiger partial charge in [0.2, 0.25) is 0 Å². The molecule has 2 rings (SSSR count). The minimum absolute atomic E-state index is 0.134. The Bertz CT molecular complexity index is 635. The second-order valence-electron chi connectivity index (χ2n) is 4.82. The highest BCUT2D eigenvalue weighted by Gasteiger charge is 2.18. The molecule has 0 amide bonds. The van der Waals surface area contributed by atoms with Crippen LogP contribution in [0.2, 0.25) is 0 Å². The number of aryl methyl sites for hydroxylation is 1. The molecular formula is C16H15Br4N. The van der Waals surface area contributed by atoms with Crippen LogP contribution in [0, 0.1) is 6.92 Å². The van der Waals surface area contributed by atoms with Gasteiger partial charge >= 0.3 is 0 Å². The summed E-state index contributed by atoms with van der Waals surface area (Å²) >= 11 is 14.5. The minimum atomic E-state index is 0.134. The van der Waals surface area contributed by atoms with Crippen molar-refractivity contribution < 1.29 is 0 Å². The fourth-order valence-corrected chi connectivity index (χ4v) is 4.61. The maximum atomic E-state index is 3.70. The summed E-state index contributed by atoms with van der Waals surface area (Å²) < 4.78 is 4.37. The van der Waals surface area contributed by atoms with Gasteiger partial charge < -0.3 is 5.32 Å². The van der Waals surface area contributed by atoms with Gasteiger partial charge in [0.25, 0.3) is 0 Å². The molecule has 0 saturated heterocycles. The van der Waals surface area contributed by atoms with Crippen LogP contribution in [0.3, 0.4) is 0 Å². The molecule has 0 heterocycles. The van der Waals surface area contributed by atoms with Crippen LogP contribution in [0.4, 0.5) is 0 Å². The first-order valence-electron chi connectivity index (χ1n) is 6.57. The summed E-state index contributed by atoms with van der Waals surface area (Å²) in [6.07, 6.45) is 0. The van der Waals surface area contributed by atoms with Crippen molar-refractivity contribution >= 4 is 63.7 Å². The van der Waals surface area contributed by atoms with Gasteiger partial charge in [-0.05, 0) is 60.5 Å². The largest absolute Gasteiger partial charge is 0.306 e. The van der Waals surface area contributed by atoms with E-state index in [1.165, 1.54) is 16.7 Å². The molecule has 0 aliphatic heterocycles. The molecule has 0 bridgehead atoms. The predicted molar refractivity (Wildman–Crippen MR) is 104 cm³/mol. The Balaban J connectivity index is 2.55. The molecule has 0 fully saturated rings. The van der Waals surface area contributed by atoms with Gasteiger partial charge in [0.1, 0.15) is 0 Å². The van der Waals surface area contributed by atoms with Crippen molar-refractivity contribution in [2.24, 2.45) is 0 Å². The molecule has 21 heavy (non-hydrogen) atoms. The molecule has 0 aliphatic rings. The van der Waals surface area contributed by atoms with Crippen LogP contribution in [-0.2, 0) is 0 Å². The van der Waals surface area contributed by atoms with Crippen molar-refractivity contribution in [3.8, 4) is 0 Å². The summed E-state index contributed by atoms with van der Waals surface area (Å²) in [6, 6.07) is 10.8. The molecule has 0 spiro atoms. The third-order valence-electron chi connectivity index (χ3n) is 3.22. The molecule has 5 heteroatoms. The van der Waals surface area contributed by atoms with Gasteiger partial charge in [-0.15, -0.1) is 0 Å². The Morgan fingerprint density at radius 2 is 1.52 bits per heavy atom. The van der Waals surface area contributed by atoms with Crippen LogP contribution >= 0.6 is 63.7 Å². The van der Waals surface area contributed by atoms with E-state index in [9.17, 15) is 0 Å². The van der Waals surface area contributed by atoms with E-state index in [1.54, 1.807) is 0 Å². The lowest BCUT2D eigenvalue weighted by Gasteiger charge is -2.22. The highest BCUT2D eigenvalue weighted by atomic mass is 79.9. The monoisotopic (exact) mass is 537 g/mol. The fourth-order valence-electron chi connectivity index (χ4n) is 2.24. The molecule has 112 valence electrons. The number of hydrogen-bond acceptors (Lipinski definition) is 1. The highest BCUT2D eigenvalue weighted by molar-refractivity contribution is 9.11. The predicted octanol–water partition coefficient (Wildman–Crippen LogP) is 6.74. The van der Waals surface area contributed by atoms with E-state index in [-0.39, 0.29) is 6.04 Å². The van der Waals surface area contributed by atoms with Crippen molar-refractivity contribution in [1.82, 2.24) is 5.32 Å². The zero-order chi connectivity index (χ0) is 15.6. The summed E-state index contributed by atoms with van der Waals surface area (Å²) in [5.41, 5.74) is 3.66. The Labute approximate surface area is 159 Å². The molecule has 2 aromatic carbocycles. The van der Waals surface area contributed by atoms with Gasteiger partial charge in [0.05, 0.1) is 6.04 Å². The van der Waals surface area contributed by atoms with Crippen molar-refractivity contribution in [3.05, 3.63) is 64.9 Å². The van der Waals surface area contributed by atoms with E-state index in [0.29, 0.717) is 0 Å². The van der Waals surface area contributed by atoms with E-state index in [1.807, 2.05) is 6.07 Å². The van der Waals surface area contributed by atoms with Crippen LogP contribution in [0.1, 0.15) is 29.7 Å². The van der Waals surface area contributed by atoms with E-state index < -0.39 is 0 Å². The van der Waals surface area contributed by atoms with Crippen molar-refractivity contribution in [2.75, 3.05) is 6.54 Å². The molecule has 0 aromatic heterocycles. The number of rotatable bonds is 4. The van der Waals surface area contributed by atoms with E-state index in [2.05, 4.69) is 107 Å². The summed E-state index contributed by atoms with van der Waals surface area (Å²) in [7, 11) is 0. The maximum absolute atomic E-state index is 3.70. The molecule has 0 radical (unpaired) electrons.